The molecule has 0 aliphatic carbocycles. The second-order valence-electron chi connectivity index (χ2n) is 2.27. The number of hydrogen-bond acceptors (Lipinski definition) is 2. The number of aliphatic hydroxyl groups excluding tert-OH is 1. The fraction of sp³-hybridized carbons (Fsp3) is 0.250. The number of aliphatic hydroxyl groups is 1. The molecule has 1 nitrogen and oxygen atoms in total. The van der Waals surface area contributed by atoms with Gasteiger partial charge in [0.15, 0.2) is 0 Å². The van der Waals surface area contributed by atoms with Crippen LogP contribution >= 0.6 is 12.6 Å². The Morgan fingerprint density at radius 1 is 1.30 bits per heavy atom. The van der Waals surface area contributed by atoms with Crippen LogP contribution < -0.4 is 0 Å². The van der Waals surface area contributed by atoms with E-state index < -0.39 is 0 Å². The zero-order valence-electron chi connectivity index (χ0n) is 5.78. The van der Waals surface area contributed by atoms with Crippen LogP contribution in [0.5, 0.6) is 0 Å². The maximum Gasteiger partial charge on any atom is 0.0761 e. The maximum atomic E-state index is 9.09. The van der Waals surface area contributed by atoms with Gasteiger partial charge in [-0.05, 0) is 24.6 Å². The van der Waals surface area contributed by atoms with Crippen molar-refractivity contribution in [2.75, 3.05) is 0 Å². The quantitative estimate of drug-likeness (QED) is 0.593. The van der Waals surface area contributed by atoms with Gasteiger partial charge in [0.05, 0.1) is 6.10 Å². The van der Waals surface area contributed by atoms with E-state index in [1.165, 1.54) is 0 Å². The molecule has 54 valence electrons. The highest BCUT2D eigenvalue weighted by molar-refractivity contribution is 7.80. The van der Waals surface area contributed by atoms with Gasteiger partial charge in [-0.25, -0.2) is 0 Å². The fourth-order valence-corrected chi connectivity index (χ4v) is 0.902. The molecule has 0 saturated carbocycles. The third-order valence-electron chi connectivity index (χ3n) is 1.38. The van der Waals surface area contributed by atoms with Gasteiger partial charge in [0.2, 0.25) is 0 Å². The van der Waals surface area contributed by atoms with Gasteiger partial charge in [-0.1, -0.05) is 12.1 Å². The van der Waals surface area contributed by atoms with Crippen LogP contribution in [0, 0.1) is 0 Å². The van der Waals surface area contributed by atoms with Gasteiger partial charge in [0.25, 0.3) is 0 Å². The van der Waals surface area contributed by atoms with Crippen molar-refractivity contribution in [1.82, 2.24) is 0 Å². The molecular formula is C8H10OS. The summed E-state index contributed by atoms with van der Waals surface area (Å²) in [4.78, 5) is 0.921. The molecule has 0 radical (unpaired) electrons. The van der Waals surface area contributed by atoms with Crippen molar-refractivity contribution in [2.45, 2.75) is 17.9 Å². The minimum absolute atomic E-state index is 0.381. The number of thiol groups is 1. The van der Waals surface area contributed by atoms with Crippen LogP contribution in [0.25, 0.3) is 0 Å². The third-order valence-corrected chi connectivity index (χ3v) is 1.67. The largest absolute Gasteiger partial charge is 0.389 e. The summed E-state index contributed by atoms with van der Waals surface area (Å²) in [6.07, 6.45) is -0.381. The van der Waals surface area contributed by atoms with Gasteiger partial charge in [-0.3, -0.25) is 0 Å². The molecule has 2 heteroatoms. The molecule has 1 atom stereocenters. The lowest BCUT2D eigenvalue weighted by atomic mass is 10.1. The average molecular weight is 154 g/mol. The molecule has 0 aliphatic rings. The molecule has 0 saturated heterocycles. The van der Waals surface area contributed by atoms with Crippen LogP contribution in [0.4, 0.5) is 0 Å². The summed E-state index contributed by atoms with van der Waals surface area (Å²) in [7, 11) is 0. The molecule has 0 bridgehead atoms. The Kier molecular flexibility index (Phi) is 2.35. The standard InChI is InChI=1S/C8H10OS/c1-6(9)7-2-4-8(10)5-3-7/h2-6,9-10H,1H3/t6-/m1/s1. The molecule has 1 aromatic rings. The van der Waals surface area contributed by atoms with Crippen molar-refractivity contribution < 1.29 is 5.11 Å². The van der Waals surface area contributed by atoms with Gasteiger partial charge in [-0.2, -0.15) is 0 Å². The molecule has 0 aromatic heterocycles. The topological polar surface area (TPSA) is 20.2 Å². The number of hydrogen-bond donors (Lipinski definition) is 2. The Balaban J connectivity index is 2.89. The van der Waals surface area contributed by atoms with Gasteiger partial charge in [-0.15, -0.1) is 12.6 Å². The van der Waals surface area contributed by atoms with Crippen molar-refractivity contribution in [3.63, 3.8) is 0 Å². The smallest absolute Gasteiger partial charge is 0.0761 e. The van der Waals surface area contributed by atoms with E-state index in [-0.39, 0.29) is 6.10 Å². The predicted molar refractivity (Wildman–Crippen MR) is 44.3 cm³/mol. The normalized spacial score (nSPS) is 13.1. The minimum atomic E-state index is -0.381. The van der Waals surface area contributed by atoms with Crippen LogP contribution in [-0.4, -0.2) is 5.11 Å². The number of benzene rings is 1. The first kappa shape index (κ1) is 7.63. The molecule has 0 aliphatic heterocycles. The highest BCUT2D eigenvalue weighted by Gasteiger charge is 1.97. The molecular weight excluding hydrogens is 144 g/mol. The summed E-state index contributed by atoms with van der Waals surface area (Å²) in [5.41, 5.74) is 0.929. The summed E-state index contributed by atoms with van der Waals surface area (Å²) < 4.78 is 0. The summed E-state index contributed by atoms with van der Waals surface area (Å²) in [6, 6.07) is 7.47. The van der Waals surface area contributed by atoms with Crippen LogP contribution in [0.3, 0.4) is 0 Å². The van der Waals surface area contributed by atoms with Crippen molar-refractivity contribution in [1.29, 1.82) is 0 Å². The molecule has 1 rings (SSSR count). The monoisotopic (exact) mass is 154 g/mol. The van der Waals surface area contributed by atoms with E-state index in [0.29, 0.717) is 0 Å². The summed E-state index contributed by atoms with van der Waals surface area (Å²) in [6.45, 7) is 1.74. The highest BCUT2D eigenvalue weighted by atomic mass is 32.1. The first-order valence-electron chi connectivity index (χ1n) is 3.17. The SMILES string of the molecule is C[C@@H](O)c1ccc(S)cc1. The van der Waals surface area contributed by atoms with Gasteiger partial charge >= 0.3 is 0 Å². The van der Waals surface area contributed by atoms with Crippen molar-refractivity contribution in [2.24, 2.45) is 0 Å². The van der Waals surface area contributed by atoms with Crippen molar-refractivity contribution in [3.05, 3.63) is 29.8 Å². The lowest BCUT2D eigenvalue weighted by Crippen LogP contribution is -1.88. The Morgan fingerprint density at radius 3 is 2.20 bits per heavy atom. The Labute approximate surface area is 66.1 Å². The van der Waals surface area contributed by atoms with Crippen LogP contribution in [0.1, 0.15) is 18.6 Å². The van der Waals surface area contributed by atoms with E-state index in [4.69, 9.17) is 5.11 Å². The molecule has 0 heterocycles. The highest BCUT2D eigenvalue weighted by Crippen LogP contribution is 2.13. The van der Waals surface area contributed by atoms with Gasteiger partial charge in [0, 0.05) is 4.90 Å². The Morgan fingerprint density at radius 2 is 1.80 bits per heavy atom. The van der Waals surface area contributed by atoms with Gasteiger partial charge < -0.3 is 5.11 Å². The summed E-state index contributed by atoms with van der Waals surface area (Å²) in [5, 5.41) is 9.09. The van der Waals surface area contributed by atoms with E-state index in [1.807, 2.05) is 24.3 Å². The molecule has 1 aromatic carbocycles. The van der Waals surface area contributed by atoms with E-state index in [0.717, 1.165) is 10.5 Å². The van der Waals surface area contributed by atoms with Crippen molar-refractivity contribution in [3.8, 4) is 0 Å². The maximum absolute atomic E-state index is 9.09. The second kappa shape index (κ2) is 3.08. The molecule has 0 amide bonds. The van der Waals surface area contributed by atoms with Crippen molar-refractivity contribution >= 4 is 12.6 Å². The van der Waals surface area contributed by atoms with Crippen LogP contribution in [0.15, 0.2) is 29.2 Å². The van der Waals surface area contributed by atoms with E-state index in [2.05, 4.69) is 12.6 Å². The average Bonchev–Trinajstić information content (AvgIpc) is 1.88. The van der Waals surface area contributed by atoms with Crippen LogP contribution in [0.2, 0.25) is 0 Å². The second-order valence-corrected chi connectivity index (χ2v) is 2.78. The summed E-state index contributed by atoms with van der Waals surface area (Å²) >= 11 is 4.12. The van der Waals surface area contributed by atoms with E-state index in [9.17, 15) is 0 Å². The zero-order chi connectivity index (χ0) is 7.56. The molecule has 0 fully saturated rings. The lowest BCUT2D eigenvalue weighted by Gasteiger charge is -2.02. The molecule has 1 N–H and O–H groups in total. The lowest BCUT2D eigenvalue weighted by molar-refractivity contribution is 0.199. The number of rotatable bonds is 1. The molecule has 0 unspecified atom stereocenters. The third kappa shape index (κ3) is 1.75. The van der Waals surface area contributed by atoms with E-state index in [1.54, 1.807) is 6.92 Å². The zero-order valence-corrected chi connectivity index (χ0v) is 6.68. The molecule has 10 heavy (non-hydrogen) atoms. The van der Waals surface area contributed by atoms with Gasteiger partial charge in [0.1, 0.15) is 0 Å². The minimum Gasteiger partial charge on any atom is -0.389 e. The fourth-order valence-electron chi connectivity index (χ4n) is 0.753. The first-order chi connectivity index (χ1) is 4.70. The Bertz CT molecular complexity index is 203. The first-order valence-corrected chi connectivity index (χ1v) is 3.62. The van der Waals surface area contributed by atoms with E-state index >= 15 is 0 Å². The summed E-state index contributed by atoms with van der Waals surface area (Å²) in [5.74, 6) is 0. The van der Waals surface area contributed by atoms with Crippen LogP contribution in [-0.2, 0) is 0 Å². The predicted octanol–water partition coefficient (Wildman–Crippen LogP) is 2.03. The Hall–Kier alpha value is -0.470. The molecule has 0 spiro atoms.